The Bertz CT molecular complexity index is 442. The van der Waals surface area contributed by atoms with Crippen LogP contribution in [0.4, 0.5) is 0 Å². The predicted molar refractivity (Wildman–Crippen MR) is 74.7 cm³/mol. The molecule has 0 heterocycles. The first kappa shape index (κ1) is 16.0. The Morgan fingerprint density at radius 1 is 1.05 bits per heavy atom. The quantitative estimate of drug-likeness (QED) is 0.394. The maximum atomic E-state index is 10.9. The van der Waals surface area contributed by atoms with Gasteiger partial charge in [0.05, 0.1) is 21.3 Å². The Labute approximate surface area is 118 Å². The molecular weight excluding hydrogens is 260 g/mol. The summed E-state index contributed by atoms with van der Waals surface area (Å²) in [7, 11) is 4.71. The second kappa shape index (κ2) is 8.19. The van der Waals surface area contributed by atoms with Crippen molar-refractivity contribution < 1.29 is 23.8 Å². The summed E-state index contributed by atoms with van der Waals surface area (Å²) in [6, 6.07) is 3.78. The van der Waals surface area contributed by atoms with Crippen LogP contribution in [0.15, 0.2) is 12.1 Å². The van der Waals surface area contributed by atoms with Gasteiger partial charge in [-0.05, 0) is 37.0 Å². The lowest BCUT2D eigenvalue weighted by molar-refractivity contribution is -0.129. The van der Waals surface area contributed by atoms with Crippen LogP contribution in [0.1, 0.15) is 24.8 Å². The molecule has 0 saturated heterocycles. The molecule has 0 saturated carbocycles. The number of methoxy groups -OCH3 is 3. The van der Waals surface area contributed by atoms with E-state index >= 15 is 0 Å². The number of ether oxygens (including phenoxy) is 3. The molecule has 1 rings (SSSR count). The number of ketones is 1. The number of carbonyl (C=O) groups is 2. The Morgan fingerprint density at radius 2 is 1.65 bits per heavy atom. The van der Waals surface area contributed by atoms with Gasteiger partial charge in [-0.15, -0.1) is 0 Å². The summed E-state index contributed by atoms with van der Waals surface area (Å²) in [6.45, 7) is 0. The fraction of sp³-hybridized carbons (Fsp3) is 0.467. The molecule has 0 bridgehead atoms. The first-order chi connectivity index (χ1) is 9.65. The summed E-state index contributed by atoms with van der Waals surface area (Å²) in [5, 5.41) is 0. The minimum atomic E-state index is -0.352. The molecule has 0 unspecified atom stereocenters. The van der Waals surface area contributed by atoms with E-state index < -0.39 is 0 Å². The molecule has 0 aromatic heterocycles. The third-order valence-corrected chi connectivity index (χ3v) is 2.99. The number of aryl methyl sites for hydroxylation is 1. The largest absolute Gasteiger partial charge is 0.493 e. The van der Waals surface area contributed by atoms with Crippen molar-refractivity contribution in [2.24, 2.45) is 0 Å². The zero-order valence-corrected chi connectivity index (χ0v) is 12.1. The van der Waals surface area contributed by atoms with Gasteiger partial charge in [0.15, 0.2) is 23.6 Å². The predicted octanol–water partition coefficient (Wildman–Crippen LogP) is 2.19. The molecule has 0 aliphatic carbocycles. The number of hydrogen-bond donors (Lipinski definition) is 0. The van der Waals surface area contributed by atoms with E-state index in [0.29, 0.717) is 36.4 Å². The standard InChI is InChI=1S/C15H20O5/c1-18-13-8-11(6-4-5-7-12(17)10-16)9-14(19-2)15(13)20-3/h8-10H,4-7H2,1-3H3. The molecule has 0 aliphatic rings. The highest BCUT2D eigenvalue weighted by Gasteiger charge is 2.12. The molecule has 0 fully saturated rings. The fourth-order valence-corrected chi connectivity index (χ4v) is 1.97. The van der Waals surface area contributed by atoms with Crippen molar-refractivity contribution in [3.05, 3.63) is 17.7 Å². The van der Waals surface area contributed by atoms with Crippen molar-refractivity contribution >= 4 is 12.1 Å². The lowest BCUT2D eigenvalue weighted by Gasteiger charge is -2.14. The van der Waals surface area contributed by atoms with Gasteiger partial charge in [-0.2, -0.15) is 0 Å². The van der Waals surface area contributed by atoms with E-state index in [1.165, 1.54) is 0 Å². The number of carbonyl (C=O) groups excluding carboxylic acids is 2. The summed E-state index contributed by atoms with van der Waals surface area (Å²) in [5.74, 6) is 1.45. The summed E-state index contributed by atoms with van der Waals surface area (Å²) in [5.41, 5.74) is 1.04. The molecule has 20 heavy (non-hydrogen) atoms. The van der Waals surface area contributed by atoms with Crippen LogP contribution < -0.4 is 14.2 Å². The highest BCUT2D eigenvalue weighted by molar-refractivity contribution is 6.24. The Hall–Kier alpha value is -2.04. The second-order valence-corrected chi connectivity index (χ2v) is 4.32. The second-order valence-electron chi connectivity index (χ2n) is 4.32. The highest BCUT2D eigenvalue weighted by Crippen LogP contribution is 2.38. The summed E-state index contributed by atoms with van der Waals surface area (Å²) in [4.78, 5) is 21.1. The van der Waals surface area contributed by atoms with Gasteiger partial charge in [-0.1, -0.05) is 0 Å². The average molecular weight is 280 g/mol. The van der Waals surface area contributed by atoms with Crippen molar-refractivity contribution in [2.75, 3.05) is 21.3 Å². The van der Waals surface area contributed by atoms with Crippen molar-refractivity contribution in [3.8, 4) is 17.2 Å². The van der Waals surface area contributed by atoms with Gasteiger partial charge in [-0.25, -0.2) is 0 Å². The highest BCUT2D eigenvalue weighted by atomic mass is 16.5. The van der Waals surface area contributed by atoms with Crippen LogP contribution in [0.25, 0.3) is 0 Å². The Morgan fingerprint density at radius 3 is 2.10 bits per heavy atom. The molecular formula is C15H20O5. The minimum Gasteiger partial charge on any atom is -0.493 e. The average Bonchev–Trinajstić information content (AvgIpc) is 2.49. The van der Waals surface area contributed by atoms with Crippen LogP contribution >= 0.6 is 0 Å². The minimum absolute atomic E-state index is 0.300. The molecule has 0 atom stereocenters. The molecule has 0 amide bonds. The van der Waals surface area contributed by atoms with Gasteiger partial charge >= 0.3 is 0 Å². The molecule has 1 aromatic rings. The van der Waals surface area contributed by atoms with Gasteiger partial charge in [0.25, 0.3) is 0 Å². The smallest absolute Gasteiger partial charge is 0.203 e. The molecule has 0 spiro atoms. The molecule has 1 aromatic carbocycles. The molecule has 110 valence electrons. The molecule has 5 heteroatoms. The zero-order chi connectivity index (χ0) is 15.0. The number of rotatable bonds is 9. The number of Topliss-reactive ketones (excluding diaryl/α,β-unsaturated/α-hetero) is 1. The van der Waals surface area contributed by atoms with Crippen LogP contribution in [0.2, 0.25) is 0 Å². The van der Waals surface area contributed by atoms with Crippen LogP contribution in [0.3, 0.4) is 0 Å². The SMILES string of the molecule is COc1cc(CCCCC(=O)C=O)cc(OC)c1OC. The molecule has 0 radical (unpaired) electrons. The van der Waals surface area contributed by atoms with Crippen molar-refractivity contribution in [1.29, 1.82) is 0 Å². The maximum Gasteiger partial charge on any atom is 0.203 e. The fourth-order valence-electron chi connectivity index (χ4n) is 1.97. The monoisotopic (exact) mass is 280 g/mol. The third kappa shape index (κ3) is 4.26. The van der Waals surface area contributed by atoms with Gasteiger partial charge in [0.2, 0.25) is 5.75 Å². The van der Waals surface area contributed by atoms with Gasteiger partial charge in [-0.3, -0.25) is 9.59 Å². The maximum absolute atomic E-state index is 10.9. The van der Waals surface area contributed by atoms with Gasteiger partial charge < -0.3 is 14.2 Å². The van der Waals surface area contributed by atoms with Crippen molar-refractivity contribution in [3.63, 3.8) is 0 Å². The summed E-state index contributed by atoms with van der Waals surface area (Å²) in [6.07, 6.45) is 2.96. The molecule has 0 N–H and O–H groups in total. The Kier molecular flexibility index (Phi) is 6.56. The van der Waals surface area contributed by atoms with E-state index in [-0.39, 0.29) is 5.78 Å². The Balaban J connectivity index is 2.71. The van der Waals surface area contributed by atoms with Gasteiger partial charge in [0, 0.05) is 6.42 Å². The van der Waals surface area contributed by atoms with E-state index in [0.717, 1.165) is 18.4 Å². The molecule has 5 nitrogen and oxygen atoms in total. The lowest BCUT2D eigenvalue weighted by atomic mass is 10.0. The van der Waals surface area contributed by atoms with Crippen LogP contribution in [-0.4, -0.2) is 33.4 Å². The van der Waals surface area contributed by atoms with E-state index in [2.05, 4.69) is 0 Å². The van der Waals surface area contributed by atoms with Crippen molar-refractivity contribution in [2.45, 2.75) is 25.7 Å². The van der Waals surface area contributed by atoms with Gasteiger partial charge in [0.1, 0.15) is 0 Å². The summed E-state index contributed by atoms with van der Waals surface area (Å²) < 4.78 is 15.8. The van der Waals surface area contributed by atoms with E-state index in [4.69, 9.17) is 14.2 Å². The van der Waals surface area contributed by atoms with E-state index in [9.17, 15) is 9.59 Å². The normalized spacial score (nSPS) is 9.95. The van der Waals surface area contributed by atoms with E-state index in [1.807, 2.05) is 12.1 Å². The van der Waals surface area contributed by atoms with Crippen LogP contribution in [0.5, 0.6) is 17.2 Å². The topological polar surface area (TPSA) is 61.8 Å². The third-order valence-electron chi connectivity index (χ3n) is 2.99. The van der Waals surface area contributed by atoms with Crippen molar-refractivity contribution in [1.82, 2.24) is 0 Å². The van der Waals surface area contributed by atoms with E-state index in [1.54, 1.807) is 21.3 Å². The summed E-state index contributed by atoms with van der Waals surface area (Å²) >= 11 is 0. The number of unbranched alkanes of at least 4 members (excludes halogenated alkanes) is 1. The number of benzene rings is 1. The zero-order valence-electron chi connectivity index (χ0n) is 12.1. The first-order valence-corrected chi connectivity index (χ1v) is 6.43. The van der Waals surface area contributed by atoms with Crippen LogP contribution in [0, 0.1) is 0 Å². The number of hydrogen-bond acceptors (Lipinski definition) is 5. The first-order valence-electron chi connectivity index (χ1n) is 6.43. The number of aldehydes is 1. The molecule has 0 aliphatic heterocycles. The van der Waals surface area contributed by atoms with Crippen LogP contribution in [-0.2, 0) is 16.0 Å². The lowest BCUT2D eigenvalue weighted by Crippen LogP contribution is -1.99.